The van der Waals surface area contributed by atoms with E-state index in [1.807, 2.05) is 24.3 Å². The minimum atomic E-state index is 0.134. The van der Waals surface area contributed by atoms with Gasteiger partial charge in [-0.15, -0.1) is 0 Å². The molecular weight excluding hydrogens is 324 g/mol. The average molecular weight is 352 g/mol. The highest BCUT2D eigenvalue weighted by Crippen LogP contribution is 2.23. The Morgan fingerprint density at radius 3 is 2.58 bits per heavy atom. The lowest BCUT2D eigenvalue weighted by atomic mass is 10.1. The number of nitrogens with zero attached hydrogens (tertiary/aromatic N) is 1. The van der Waals surface area contributed by atoms with Gasteiger partial charge in [0.1, 0.15) is 5.75 Å². The third kappa shape index (κ3) is 5.01. The van der Waals surface area contributed by atoms with Gasteiger partial charge in [-0.1, -0.05) is 29.8 Å². The summed E-state index contributed by atoms with van der Waals surface area (Å²) >= 11 is 0. The molecule has 1 fully saturated rings. The number of methoxy groups -OCH3 is 1. The Labute approximate surface area is 156 Å². The zero-order valence-corrected chi connectivity index (χ0v) is 15.7. The zero-order chi connectivity index (χ0) is 18.4. The molecule has 0 saturated carbocycles. The molecule has 1 unspecified atom stereocenters. The summed E-state index contributed by atoms with van der Waals surface area (Å²) in [6, 6.07) is 16.6. The highest BCUT2D eigenvalue weighted by atomic mass is 16.5. The van der Waals surface area contributed by atoms with E-state index in [9.17, 15) is 4.79 Å². The van der Waals surface area contributed by atoms with E-state index in [0.717, 1.165) is 43.8 Å². The number of hydrogen-bond acceptors (Lipinski definition) is 3. The average Bonchev–Trinajstić information content (AvgIpc) is 3.14. The zero-order valence-electron chi connectivity index (χ0n) is 15.7. The molecule has 0 bridgehead atoms. The molecule has 4 nitrogen and oxygen atoms in total. The van der Waals surface area contributed by atoms with E-state index in [-0.39, 0.29) is 5.91 Å². The predicted octanol–water partition coefficient (Wildman–Crippen LogP) is 3.58. The van der Waals surface area contributed by atoms with Gasteiger partial charge in [0.25, 0.3) is 0 Å². The van der Waals surface area contributed by atoms with Crippen molar-refractivity contribution in [1.82, 2.24) is 5.32 Å². The summed E-state index contributed by atoms with van der Waals surface area (Å²) in [7, 11) is 1.66. The first kappa shape index (κ1) is 18.3. The second-order valence-corrected chi connectivity index (χ2v) is 7.09. The van der Waals surface area contributed by atoms with Crippen LogP contribution < -0.4 is 15.0 Å². The van der Waals surface area contributed by atoms with Gasteiger partial charge in [0, 0.05) is 31.7 Å². The first-order valence-electron chi connectivity index (χ1n) is 9.35. The molecule has 1 saturated heterocycles. The Balaban J connectivity index is 1.38. The van der Waals surface area contributed by atoms with Gasteiger partial charge in [-0.3, -0.25) is 4.79 Å². The van der Waals surface area contributed by atoms with E-state index in [2.05, 4.69) is 41.4 Å². The predicted molar refractivity (Wildman–Crippen MR) is 106 cm³/mol. The molecule has 1 aliphatic rings. The Kier molecular flexibility index (Phi) is 6.16. The summed E-state index contributed by atoms with van der Waals surface area (Å²) in [6.45, 7) is 4.96. The number of carbonyl (C=O) groups excluding carboxylic acids is 1. The maximum atomic E-state index is 12.1. The number of hydrogen-bond donors (Lipinski definition) is 1. The van der Waals surface area contributed by atoms with Gasteiger partial charge in [-0.05, 0) is 55.5 Å². The SMILES string of the molecule is COc1ccc(CCC(=O)NCC2CCN(c3ccc(C)cc3)C2)cc1. The van der Waals surface area contributed by atoms with Gasteiger partial charge < -0.3 is 15.0 Å². The van der Waals surface area contributed by atoms with Crippen LogP contribution in [0.4, 0.5) is 5.69 Å². The van der Waals surface area contributed by atoms with Crippen molar-refractivity contribution in [2.45, 2.75) is 26.2 Å². The summed E-state index contributed by atoms with van der Waals surface area (Å²) in [4.78, 5) is 14.5. The molecule has 2 aromatic carbocycles. The molecule has 1 heterocycles. The number of carbonyl (C=O) groups is 1. The number of aryl methyl sites for hydroxylation is 2. The molecule has 1 aliphatic heterocycles. The fraction of sp³-hybridized carbons (Fsp3) is 0.409. The lowest BCUT2D eigenvalue weighted by Crippen LogP contribution is -2.31. The summed E-state index contributed by atoms with van der Waals surface area (Å²) in [6.07, 6.45) is 2.42. The Bertz CT molecular complexity index is 710. The molecule has 1 amide bonds. The van der Waals surface area contributed by atoms with Gasteiger partial charge in [0.2, 0.25) is 5.91 Å². The number of benzene rings is 2. The second kappa shape index (κ2) is 8.75. The van der Waals surface area contributed by atoms with Crippen molar-refractivity contribution < 1.29 is 9.53 Å². The maximum absolute atomic E-state index is 12.1. The molecule has 4 heteroatoms. The topological polar surface area (TPSA) is 41.6 Å². The molecule has 2 aromatic rings. The molecule has 1 N–H and O–H groups in total. The van der Waals surface area contributed by atoms with Crippen molar-refractivity contribution in [3.8, 4) is 5.75 Å². The van der Waals surface area contributed by atoms with Crippen LogP contribution in [0.2, 0.25) is 0 Å². The Morgan fingerprint density at radius 2 is 1.88 bits per heavy atom. The third-order valence-electron chi connectivity index (χ3n) is 5.07. The molecule has 0 aromatic heterocycles. The fourth-order valence-corrected chi connectivity index (χ4v) is 3.39. The van der Waals surface area contributed by atoms with Crippen molar-refractivity contribution in [3.63, 3.8) is 0 Å². The van der Waals surface area contributed by atoms with Gasteiger partial charge >= 0.3 is 0 Å². The molecule has 26 heavy (non-hydrogen) atoms. The molecule has 3 rings (SSSR count). The van der Waals surface area contributed by atoms with Crippen molar-refractivity contribution in [2.24, 2.45) is 5.92 Å². The molecule has 0 radical (unpaired) electrons. The third-order valence-corrected chi connectivity index (χ3v) is 5.07. The van der Waals surface area contributed by atoms with E-state index < -0.39 is 0 Å². The Morgan fingerprint density at radius 1 is 1.15 bits per heavy atom. The van der Waals surface area contributed by atoms with Crippen LogP contribution in [-0.4, -0.2) is 32.7 Å². The highest BCUT2D eigenvalue weighted by molar-refractivity contribution is 5.76. The minimum absolute atomic E-state index is 0.134. The van der Waals surface area contributed by atoms with Crippen molar-refractivity contribution >= 4 is 11.6 Å². The molecule has 0 spiro atoms. The van der Waals surface area contributed by atoms with E-state index in [4.69, 9.17) is 4.74 Å². The van der Waals surface area contributed by atoms with Gasteiger partial charge in [0.15, 0.2) is 0 Å². The normalized spacial score (nSPS) is 16.5. The smallest absolute Gasteiger partial charge is 0.220 e. The number of ether oxygens (including phenoxy) is 1. The lowest BCUT2D eigenvalue weighted by Gasteiger charge is -2.19. The first-order chi connectivity index (χ1) is 12.6. The van der Waals surface area contributed by atoms with Gasteiger partial charge in [0.05, 0.1) is 7.11 Å². The van der Waals surface area contributed by atoms with Crippen molar-refractivity contribution in [2.75, 3.05) is 31.6 Å². The summed E-state index contributed by atoms with van der Waals surface area (Å²) < 4.78 is 5.15. The summed E-state index contributed by atoms with van der Waals surface area (Å²) in [5, 5.41) is 3.11. The molecule has 0 aliphatic carbocycles. The maximum Gasteiger partial charge on any atom is 0.220 e. The van der Waals surface area contributed by atoms with E-state index in [1.54, 1.807) is 7.11 Å². The van der Waals surface area contributed by atoms with Crippen molar-refractivity contribution in [3.05, 3.63) is 59.7 Å². The molecule has 1 atom stereocenters. The van der Waals surface area contributed by atoms with Crippen LogP contribution in [0.5, 0.6) is 5.75 Å². The number of rotatable bonds is 7. The van der Waals surface area contributed by atoms with Crippen LogP contribution in [-0.2, 0) is 11.2 Å². The largest absolute Gasteiger partial charge is 0.497 e. The number of nitrogens with one attached hydrogen (secondary N) is 1. The highest BCUT2D eigenvalue weighted by Gasteiger charge is 2.22. The van der Waals surface area contributed by atoms with E-state index >= 15 is 0 Å². The minimum Gasteiger partial charge on any atom is -0.497 e. The van der Waals surface area contributed by atoms with Crippen LogP contribution in [0.3, 0.4) is 0 Å². The van der Waals surface area contributed by atoms with E-state index in [0.29, 0.717) is 12.3 Å². The Hall–Kier alpha value is -2.49. The summed E-state index contributed by atoms with van der Waals surface area (Å²) in [5.41, 5.74) is 3.73. The molecule has 138 valence electrons. The van der Waals surface area contributed by atoms with Crippen LogP contribution in [0, 0.1) is 12.8 Å². The number of amides is 1. The molecular formula is C22H28N2O2. The van der Waals surface area contributed by atoms with Gasteiger partial charge in [-0.2, -0.15) is 0 Å². The lowest BCUT2D eigenvalue weighted by molar-refractivity contribution is -0.121. The summed E-state index contributed by atoms with van der Waals surface area (Å²) in [5.74, 6) is 1.51. The van der Waals surface area contributed by atoms with Crippen LogP contribution in [0.25, 0.3) is 0 Å². The standard InChI is InChI=1S/C22H28N2O2/c1-17-3-8-20(9-4-17)24-14-13-19(16-24)15-23-22(25)12-7-18-5-10-21(26-2)11-6-18/h3-6,8-11,19H,7,12-16H2,1-2H3,(H,23,25). The monoisotopic (exact) mass is 352 g/mol. The quantitative estimate of drug-likeness (QED) is 0.828. The van der Waals surface area contributed by atoms with Crippen LogP contribution in [0.1, 0.15) is 24.0 Å². The van der Waals surface area contributed by atoms with Crippen LogP contribution in [0.15, 0.2) is 48.5 Å². The van der Waals surface area contributed by atoms with Crippen molar-refractivity contribution in [1.29, 1.82) is 0 Å². The van der Waals surface area contributed by atoms with E-state index in [1.165, 1.54) is 11.3 Å². The van der Waals surface area contributed by atoms with Crippen LogP contribution >= 0.6 is 0 Å². The fourth-order valence-electron chi connectivity index (χ4n) is 3.39. The number of anilines is 1. The second-order valence-electron chi connectivity index (χ2n) is 7.09. The van der Waals surface area contributed by atoms with Gasteiger partial charge in [-0.25, -0.2) is 0 Å². The first-order valence-corrected chi connectivity index (χ1v) is 9.35.